The van der Waals surface area contributed by atoms with E-state index in [0.717, 1.165) is 12.2 Å². The van der Waals surface area contributed by atoms with Gasteiger partial charge in [-0.2, -0.15) is 0 Å². The van der Waals surface area contributed by atoms with Crippen LogP contribution in [0.4, 0.5) is 0 Å². The standard InChI is InChI=1S/C16H24N4O3/c1-6-14-17-18-15(23-14)10-20(11(2)3)9-12-7-8-13(22-12)16(21)19(4)5/h7-8,11H,6,9-10H2,1-5H3. The number of furan rings is 1. The van der Waals surface area contributed by atoms with Crippen molar-refractivity contribution in [3.8, 4) is 0 Å². The van der Waals surface area contributed by atoms with Gasteiger partial charge in [-0.05, 0) is 26.0 Å². The van der Waals surface area contributed by atoms with Crippen LogP contribution in [-0.2, 0) is 19.5 Å². The van der Waals surface area contributed by atoms with Gasteiger partial charge >= 0.3 is 0 Å². The minimum atomic E-state index is -0.142. The molecule has 0 saturated heterocycles. The Kier molecular flexibility index (Phi) is 5.54. The highest BCUT2D eigenvalue weighted by molar-refractivity contribution is 5.91. The molecular formula is C16H24N4O3. The van der Waals surface area contributed by atoms with Crippen molar-refractivity contribution in [2.45, 2.75) is 46.3 Å². The summed E-state index contributed by atoms with van der Waals surface area (Å²) in [4.78, 5) is 15.5. The number of hydrogen-bond donors (Lipinski definition) is 0. The molecule has 0 aliphatic heterocycles. The van der Waals surface area contributed by atoms with Crippen LogP contribution in [0.15, 0.2) is 21.0 Å². The van der Waals surface area contributed by atoms with Gasteiger partial charge in [0.05, 0.1) is 13.1 Å². The number of hydrogen-bond acceptors (Lipinski definition) is 6. The Morgan fingerprint density at radius 1 is 1.13 bits per heavy atom. The summed E-state index contributed by atoms with van der Waals surface area (Å²) in [6.45, 7) is 7.27. The first-order valence-electron chi connectivity index (χ1n) is 7.76. The van der Waals surface area contributed by atoms with Crippen molar-refractivity contribution in [2.75, 3.05) is 14.1 Å². The Labute approximate surface area is 136 Å². The molecule has 0 saturated carbocycles. The van der Waals surface area contributed by atoms with Crippen molar-refractivity contribution in [3.63, 3.8) is 0 Å². The minimum absolute atomic E-state index is 0.142. The molecule has 0 aliphatic carbocycles. The van der Waals surface area contributed by atoms with Gasteiger partial charge in [0.1, 0.15) is 5.76 Å². The van der Waals surface area contributed by atoms with Crippen molar-refractivity contribution in [1.29, 1.82) is 0 Å². The zero-order valence-electron chi connectivity index (χ0n) is 14.4. The van der Waals surface area contributed by atoms with E-state index >= 15 is 0 Å². The first kappa shape index (κ1) is 17.2. The van der Waals surface area contributed by atoms with Crippen molar-refractivity contribution in [2.24, 2.45) is 0 Å². The second-order valence-electron chi connectivity index (χ2n) is 5.91. The summed E-state index contributed by atoms with van der Waals surface area (Å²) < 4.78 is 11.2. The largest absolute Gasteiger partial charge is 0.455 e. The summed E-state index contributed by atoms with van der Waals surface area (Å²) in [7, 11) is 3.40. The maximum absolute atomic E-state index is 11.9. The molecule has 1 amide bonds. The van der Waals surface area contributed by atoms with Crippen LogP contribution >= 0.6 is 0 Å². The normalized spacial score (nSPS) is 11.4. The van der Waals surface area contributed by atoms with Gasteiger partial charge in [-0.1, -0.05) is 6.92 Å². The Bertz CT molecular complexity index is 645. The fraction of sp³-hybridized carbons (Fsp3) is 0.562. The second kappa shape index (κ2) is 7.41. The monoisotopic (exact) mass is 320 g/mol. The predicted molar refractivity (Wildman–Crippen MR) is 84.8 cm³/mol. The molecule has 2 aromatic heterocycles. The lowest BCUT2D eigenvalue weighted by Crippen LogP contribution is -2.29. The van der Waals surface area contributed by atoms with E-state index in [9.17, 15) is 4.79 Å². The summed E-state index contributed by atoms with van der Waals surface area (Å²) in [5.74, 6) is 2.17. The Hall–Kier alpha value is -2.15. The predicted octanol–water partition coefficient (Wildman–Crippen LogP) is 2.34. The van der Waals surface area contributed by atoms with E-state index in [-0.39, 0.29) is 11.9 Å². The molecule has 0 bridgehead atoms. The molecular weight excluding hydrogens is 296 g/mol. The molecule has 7 nitrogen and oxygen atoms in total. The first-order chi connectivity index (χ1) is 10.9. The van der Waals surface area contributed by atoms with Gasteiger partial charge in [0.25, 0.3) is 5.91 Å². The molecule has 126 valence electrons. The summed E-state index contributed by atoms with van der Waals surface area (Å²) in [6.07, 6.45) is 0.725. The van der Waals surface area contributed by atoms with E-state index < -0.39 is 0 Å². The van der Waals surface area contributed by atoms with Crippen molar-refractivity contribution >= 4 is 5.91 Å². The lowest BCUT2D eigenvalue weighted by molar-refractivity contribution is 0.0791. The lowest BCUT2D eigenvalue weighted by Gasteiger charge is -2.23. The summed E-state index contributed by atoms with van der Waals surface area (Å²) >= 11 is 0. The number of carbonyl (C=O) groups is 1. The zero-order valence-corrected chi connectivity index (χ0v) is 14.4. The van der Waals surface area contributed by atoms with Crippen LogP contribution in [0.5, 0.6) is 0 Å². The molecule has 2 aromatic rings. The molecule has 0 N–H and O–H groups in total. The molecule has 0 unspecified atom stereocenters. The van der Waals surface area contributed by atoms with Crippen molar-refractivity contribution in [3.05, 3.63) is 35.4 Å². The maximum atomic E-state index is 11.9. The summed E-state index contributed by atoms with van der Waals surface area (Å²) in [6, 6.07) is 3.81. The Morgan fingerprint density at radius 3 is 2.39 bits per heavy atom. The van der Waals surface area contributed by atoms with E-state index in [2.05, 4.69) is 28.9 Å². The van der Waals surface area contributed by atoms with Crippen LogP contribution in [0.2, 0.25) is 0 Å². The number of rotatable bonds is 7. The van der Waals surface area contributed by atoms with Crippen LogP contribution in [0, 0.1) is 0 Å². The first-order valence-corrected chi connectivity index (χ1v) is 7.76. The van der Waals surface area contributed by atoms with Gasteiger partial charge in [-0.25, -0.2) is 0 Å². The van der Waals surface area contributed by atoms with Crippen LogP contribution in [-0.4, -0.2) is 46.0 Å². The Balaban J connectivity index is 2.06. The van der Waals surface area contributed by atoms with Gasteiger partial charge < -0.3 is 13.7 Å². The van der Waals surface area contributed by atoms with E-state index in [1.807, 2.05) is 13.0 Å². The smallest absolute Gasteiger partial charge is 0.289 e. The van der Waals surface area contributed by atoms with Gasteiger partial charge in [-0.15, -0.1) is 10.2 Å². The van der Waals surface area contributed by atoms with Crippen LogP contribution < -0.4 is 0 Å². The Morgan fingerprint density at radius 2 is 1.83 bits per heavy atom. The third-order valence-electron chi connectivity index (χ3n) is 3.52. The average Bonchev–Trinajstić information content (AvgIpc) is 3.14. The molecule has 2 heterocycles. The number of carbonyl (C=O) groups excluding carboxylic acids is 1. The molecule has 7 heteroatoms. The fourth-order valence-electron chi connectivity index (χ4n) is 2.09. The highest BCUT2D eigenvalue weighted by Crippen LogP contribution is 2.16. The molecule has 0 atom stereocenters. The van der Waals surface area contributed by atoms with E-state index in [1.54, 1.807) is 20.2 Å². The topological polar surface area (TPSA) is 75.6 Å². The van der Waals surface area contributed by atoms with Gasteiger partial charge in [0.2, 0.25) is 11.8 Å². The molecule has 0 radical (unpaired) electrons. The molecule has 0 fully saturated rings. The summed E-state index contributed by atoms with van der Waals surface area (Å²) in [5, 5.41) is 8.04. The molecule has 0 aliphatic rings. The zero-order chi connectivity index (χ0) is 17.0. The highest BCUT2D eigenvalue weighted by atomic mass is 16.4. The van der Waals surface area contributed by atoms with Crippen LogP contribution in [0.1, 0.15) is 48.9 Å². The third kappa shape index (κ3) is 4.41. The van der Waals surface area contributed by atoms with Gasteiger partial charge in [0, 0.05) is 26.6 Å². The second-order valence-corrected chi connectivity index (χ2v) is 5.91. The molecule has 2 rings (SSSR count). The number of nitrogens with zero attached hydrogens (tertiary/aromatic N) is 4. The van der Waals surface area contributed by atoms with Crippen molar-refractivity contribution in [1.82, 2.24) is 20.0 Å². The summed E-state index contributed by atoms with van der Waals surface area (Å²) in [5.41, 5.74) is 0. The minimum Gasteiger partial charge on any atom is -0.455 e. The van der Waals surface area contributed by atoms with Gasteiger partial charge in [-0.3, -0.25) is 9.69 Å². The quantitative estimate of drug-likeness (QED) is 0.779. The molecule has 23 heavy (non-hydrogen) atoms. The highest BCUT2D eigenvalue weighted by Gasteiger charge is 2.18. The average molecular weight is 320 g/mol. The van der Waals surface area contributed by atoms with Gasteiger partial charge in [0.15, 0.2) is 5.76 Å². The number of aryl methyl sites for hydroxylation is 1. The van der Waals surface area contributed by atoms with Crippen LogP contribution in [0.3, 0.4) is 0 Å². The van der Waals surface area contributed by atoms with E-state index in [1.165, 1.54) is 4.90 Å². The SMILES string of the molecule is CCc1nnc(CN(Cc2ccc(C(=O)N(C)C)o2)C(C)C)o1. The van der Waals surface area contributed by atoms with E-state index in [0.29, 0.717) is 30.6 Å². The van der Waals surface area contributed by atoms with Crippen LogP contribution in [0.25, 0.3) is 0 Å². The maximum Gasteiger partial charge on any atom is 0.289 e. The van der Waals surface area contributed by atoms with Crippen molar-refractivity contribution < 1.29 is 13.6 Å². The van der Waals surface area contributed by atoms with E-state index in [4.69, 9.17) is 8.83 Å². The lowest BCUT2D eigenvalue weighted by atomic mass is 10.3. The third-order valence-corrected chi connectivity index (χ3v) is 3.52. The number of aromatic nitrogens is 2. The molecule has 0 aromatic carbocycles. The molecule has 0 spiro atoms. The number of amides is 1. The fourth-order valence-corrected chi connectivity index (χ4v) is 2.09.